The van der Waals surface area contributed by atoms with Crippen LogP contribution in [0, 0.1) is 17.8 Å². The van der Waals surface area contributed by atoms with Gasteiger partial charge in [0.2, 0.25) is 0 Å². The molecule has 2 bridgehead atoms. The third-order valence-electron chi connectivity index (χ3n) is 5.57. The quantitative estimate of drug-likeness (QED) is 0.898. The van der Waals surface area contributed by atoms with Crippen LogP contribution in [0.5, 0.6) is 0 Å². The number of aliphatic hydroxyl groups is 1. The average molecular weight is 291 g/mol. The largest absolute Gasteiger partial charge is 0.396 e. The van der Waals surface area contributed by atoms with E-state index in [0.717, 1.165) is 17.7 Å². The normalized spacial score (nSPS) is 34.5. The summed E-state index contributed by atoms with van der Waals surface area (Å²) in [5.41, 5.74) is 1.38. The zero-order chi connectivity index (χ0) is 13.7. The van der Waals surface area contributed by atoms with Gasteiger partial charge in [-0.05, 0) is 62.0 Å². The fourth-order valence-electron chi connectivity index (χ4n) is 4.56. The predicted molar refractivity (Wildman–Crippen MR) is 79.0 cm³/mol. The number of hydrogen-bond acceptors (Lipinski definition) is 3. The highest BCUT2D eigenvalue weighted by Crippen LogP contribution is 2.48. The highest BCUT2D eigenvalue weighted by molar-refractivity contribution is 7.14. The number of aliphatic hydroxyl groups excluding tert-OH is 1. The van der Waals surface area contributed by atoms with E-state index in [1.807, 2.05) is 0 Å². The van der Waals surface area contributed by atoms with Crippen molar-refractivity contribution in [3.8, 4) is 0 Å². The van der Waals surface area contributed by atoms with Gasteiger partial charge in [0.05, 0.1) is 4.88 Å². The maximum Gasteiger partial charge on any atom is 0.261 e. The topological polar surface area (TPSA) is 49.3 Å². The highest BCUT2D eigenvalue weighted by atomic mass is 32.1. The van der Waals surface area contributed by atoms with Crippen LogP contribution in [0.3, 0.4) is 0 Å². The third-order valence-corrected chi connectivity index (χ3v) is 6.80. The van der Waals surface area contributed by atoms with Gasteiger partial charge >= 0.3 is 0 Å². The van der Waals surface area contributed by atoms with Gasteiger partial charge in [-0.1, -0.05) is 0 Å². The average Bonchev–Trinajstić information content (AvgIpc) is 3.17. The lowest BCUT2D eigenvalue weighted by atomic mass is 9.85. The first kappa shape index (κ1) is 12.8. The van der Waals surface area contributed by atoms with Crippen LogP contribution < -0.4 is 5.32 Å². The number of fused-ring (bicyclic) bond motifs is 3. The van der Waals surface area contributed by atoms with Crippen molar-refractivity contribution >= 4 is 17.2 Å². The standard InChI is InChI=1S/C16H21NO2S/c18-8-12-9-4-5-11(6-9)15(12)17-16(19)14-7-10-2-1-3-13(10)20-14/h7,9,11-12,15,18H,1-6,8H2,(H,17,19). The van der Waals surface area contributed by atoms with Crippen LogP contribution in [0.2, 0.25) is 0 Å². The number of rotatable bonds is 3. The number of carbonyl (C=O) groups is 1. The molecule has 0 aromatic carbocycles. The minimum absolute atomic E-state index is 0.0837. The lowest BCUT2D eigenvalue weighted by Crippen LogP contribution is -2.45. The number of aryl methyl sites for hydroxylation is 2. The molecule has 1 heterocycles. The number of nitrogens with one attached hydrogen (secondary N) is 1. The molecule has 4 unspecified atom stereocenters. The Bertz CT molecular complexity index is 517. The Labute approximate surface area is 123 Å². The second-order valence-corrected chi connectivity index (χ2v) is 7.73. The smallest absolute Gasteiger partial charge is 0.261 e. The molecule has 0 radical (unpaired) electrons. The summed E-state index contributed by atoms with van der Waals surface area (Å²) in [4.78, 5) is 14.7. The maximum atomic E-state index is 12.5. The molecule has 2 N–H and O–H groups in total. The molecule has 2 saturated carbocycles. The molecule has 2 fully saturated rings. The summed E-state index contributed by atoms with van der Waals surface area (Å²) in [5, 5.41) is 12.8. The van der Waals surface area contributed by atoms with Gasteiger partial charge in [0.25, 0.3) is 5.91 Å². The molecule has 4 atom stereocenters. The van der Waals surface area contributed by atoms with Crippen molar-refractivity contribution in [1.82, 2.24) is 5.32 Å². The molecule has 20 heavy (non-hydrogen) atoms. The number of amides is 1. The molecule has 1 aromatic rings. The van der Waals surface area contributed by atoms with Gasteiger partial charge in [-0.25, -0.2) is 0 Å². The van der Waals surface area contributed by atoms with Gasteiger partial charge in [-0.3, -0.25) is 4.79 Å². The third kappa shape index (κ3) is 1.92. The van der Waals surface area contributed by atoms with Crippen molar-refractivity contribution in [1.29, 1.82) is 0 Å². The van der Waals surface area contributed by atoms with Gasteiger partial charge in [0, 0.05) is 23.4 Å². The van der Waals surface area contributed by atoms with E-state index < -0.39 is 0 Å². The number of hydrogen-bond donors (Lipinski definition) is 2. The van der Waals surface area contributed by atoms with Crippen molar-refractivity contribution < 1.29 is 9.90 Å². The fraction of sp³-hybridized carbons (Fsp3) is 0.688. The monoisotopic (exact) mass is 291 g/mol. The van der Waals surface area contributed by atoms with Crippen LogP contribution in [-0.4, -0.2) is 23.7 Å². The van der Waals surface area contributed by atoms with E-state index in [0.29, 0.717) is 11.8 Å². The Morgan fingerprint density at radius 1 is 1.35 bits per heavy atom. The van der Waals surface area contributed by atoms with Crippen LogP contribution in [0.4, 0.5) is 0 Å². The van der Waals surface area contributed by atoms with Crippen molar-refractivity contribution in [2.45, 2.75) is 44.6 Å². The molecular formula is C16H21NO2S. The molecule has 0 spiro atoms. The lowest BCUT2D eigenvalue weighted by molar-refractivity contribution is 0.0865. The van der Waals surface area contributed by atoms with Gasteiger partial charge in [-0.15, -0.1) is 11.3 Å². The van der Waals surface area contributed by atoms with Gasteiger partial charge < -0.3 is 10.4 Å². The van der Waals surface area contributed by atoms with Crippen molar-refractivity contribution in [3.63, 3.8) is 0 Å². The number of carbonyl (C=O) groups excluding carboxylic acids is 1. The molecule has 1 amide bonds. The zero-order valence-corrected chi connectivity index (χ0v) is 12.4. The summed E-state index contributed by atoms with van der Waals surface area (Å²) >= 11 is 1.67. The van der Waals surface area contributed by atoms with E-state index >= 15 is 0 Å². The van der Waals surface area contributed by atoms with Crippen LogP contribution in [-0.2, 0) is 12.8 Å². The molecular weight excluding hydrogens is 270 g/mol. The summed E-state index contributed by atoms with van der Waals surface area (Å²) in [6.07, 6.45) is 7.15. The molecule has 3 aliphatic carbocycles. The van der Waals surface area contributed by atoms with E-state index in [1.165, 1.54) is 36.1 Å². The summed E-state index contributed by atoms with van der Waals surface area (Å²) < 4.78 is 0. The molecule has 108 valence electrons. The highest BCUT2D eigenvalue weighted by Gasteiger charge is 2.47. The molecule has 3 aliphatic rings. The van der Waals surface area contributed by atoms with E-state index in [4.69, 9.17) is 0 Å². The maximum absolute atomic E-state index is 12.5. The summed E-state index contributed by atoms with van der Waals surface area (Å²) in [7, 11) is 0. The van der Waals surface area contributed by atoms with Crippen LogP contribution in [0.25, 0.3) is 0 Å². The molecule has 3 nitrogen and oxygen atoms in total. The molecule has 4 rings (SSSR count). The van der Waals surface area contributed by atoms with E-state index in [9.17, 15) is 9.90 Å². The van der Waals surface area contributed by atoms with E-state index in [2.05, 4.69) is 11.4 Å². The molecule has 4 heteroatoms. The molecule has 0 aliphatic heterocycles. The Morgan fingerprint density at radius 3 is 3.00 bits per heavy atom. The first-order valence-electron chi connectivity index (χ1n) is 7.79. The fourth-order valence-corrected chi connectivity index (χ4v) is 5.72. The summed E-state index contributed by atoms with van der Waals surface area (Å²) in [5.74, 6) is 1.58. The molecule has 0 saturated heterocycles. The van der Waals surface area contributed by atoms with E-state index in [-0.39, 0.29) is 24.5 Å². The van der Waals surface area contributed by atoms with Gasteiger partial charge in [-0.2, -0.15) is 0 Å². The van der Waals surface area contributed by atoms with Crippen LogP contribution in [0.1, 0.15) is 45.8 Å². The second-order valence-electron chi connectivity index (χ2n) is 6.59. The summed E-state index contributed by atoms with van der Waals surface area (Å²) in [6.45, 7) is 0.215. The molecule has 1 aromatic heterocycles. The Kier molecular flexibility index (Phi) is 3.11. The van der Waals surface area contributed by atoms with Crippen molar-refractivity contribution in [3.05, 3.63) is 21.4 Å². The van der Waals surface area contributed by atoms with Crippen LogP contribution >= 0.6 is 11.3 Å². The minimum Gasteiger partial charge on any atom is -0.396 e. The second kappa shape index (κ2) is 4.85. The van der Waals surface area contributed by atoms with E-state index in [1.54, 1.807) is 11.3 Å². The summed E-state index contributed by atoms with van der Waals surface area (Å²) in [6, 6.07) is 2.28. The lowest BCUT2D eigenvalue weighted by Gasteiger charge is -2.30. The van der Waals surface area contributed by atoms with Crippen molar-refractivity contribution in [2.24, 2.45) is 17.8 Å². The number of thiophene rings is 1. The van der Waals surface area contributed by atoms with Gasteiger partial charge in [0.1, 0.15) is 0 Å². The minimum atomic E-state index is 0.0837. The van der Waals surface area contributed by atoms with Gasteiger partial charge in [0.15, 0.2) is 0 Å². The zero-order valence-electron chi connectivity index (χ0n) is 11.6. The SMILES string of the molecule is O=C(NC1C2CCC(C2)C1CO)c1cc2c(s1)CCC2. The Balaban J connectivity index is 1.49. The predicted octanol–water partition coefficient (Wildman–Crippen LogP) is 2.37. The Morgan fingerprint density at radius 2 is 2.20 bits per heavy atom. The Hall–Kier alpha value is -0.870. The van der Waals surface area contributed by atoms with Crippen LogP contribution in [0.15, 0.2) is 6.07 Å². The first-order chi connectivity index (χ1) is 9.76. The van der Waals surface area contributed by atoms with Crippen molar-refractivity contribution in [2.75, 3.05) is 6.61 Å². The first-order valence-corrected chi connectivity index (χ1v) is 8.61.